The minimum atomic E-state index is -1.15. The van der Waals surface area contributed by atoms with Crippen molar-refractivity contribution in [3.63, 3.8) is 0 Å². The number of nitrogen functional groups attached to an aromatic ring is 1. The van der Waals surface area contributed by atoms with E-state index in [0.29, 0.717) is 5.69 Å². The Labute approximate surface area is 117 Å². The highest BCUT2D eigenvalue weighted by molar-refractivity contribution is 5.83. The third kappa shape index (κ3) is 4.89. The Morgan fingerprint density at radius 2 is 1.90 bits per heavy atom. The smallest absolute Gasteiger partial charge is 0.326 e. The zero-order chi connectivity index (χ0) is 15.1. The number of aliphatic hydroxyl groups excluding tert-OH is 1. The highest BCUT2D eigenvalue weighted by Gasteiger charge is 2.20. The predicted octanol–water partition coefficient (Wildman–Crippen LogP) is 0.714. The normalized spacial score (nSPS) is 13.5. The number of hydrogen-bond donors (Lipinski definition) is 4. The molecule has 0 heterocycles. The van der Waals surface area contributed by atoms with Crippen LogP contribution in [0.1, 0.15) is 31.2 Å². The molecule has 0 aliphatic carbocycles. The number of aliphatic carboxylic acids is 1. The van der Waals surface area contributed by atoms with E-state index in [4.69, 9.17) is 15.9 Å². The highest BCUT2D eigenvalue weighted by Crippen LogP contribution is 2.20. The van der Waals surface area contributed by atoms with Gasteiger partial charge >= 0.3 is 5.97 Å². The number of nitrogens with one attached hydrogen (secondary N) is 1. The number of rotatable bonds is 7. The summed E-state index contributed by atoms with van der Waals surface area (Å²) in [4.78, 5) is 22.7. The van der Waals surface area contributed by atoms with Gasteiger partial charge in [-0.05, 0) is 23.6 Å². The molecule has 0 spiro atoms. The van der Waals surface area contributed by atoms with Crippen LogP contribution in [0.15, 0.2) is 24.3 Å². The van der Waals surface area contributed by atoms with Crippen molar-refractivity contribution in [3.05, 3.63) is 29.8 Å². The van der Waals surface area contributed by atoms with Crippen molar-refractivity contribution in [2.45, 2.75) is 31.7 Å². The molecule has 0 saturated carbocycles. The van der Waals surface area contributed by atoms with Crippen molar-refractivity contribution in [2.75, 3.05) is 12.3 Å². The fourth-order valence-electron chi connectivity index (χ4n) is 1.86. The molecule has 6 nitrogen and oxygen atoms in total. The van der Waals surface area contributed by atoms with Gasteiger partial charge in [-0.25, -0.2) is 4.79 Å². The number of aliphatic hydroxyl groups is 1. The second-order valence-electron chi connectivity index (χ2n) is 4.74. The first-order valence-electron chi connectivity index (χ1n) is 6.42. The molecule has 1 unspecified atom stereocenters. The van der Waals surface area contributed by atoms with Gasteiger partial charge in [-0.15, -0.1) is 0 Å². The van der Waals surface area contributed by atoms with E-state index in [1.54, 1.807) is 12.1 Å². The number of nitrogens with two attached hydrogens (primary N) is 1. The third-order valence-electron chi connectivity index (χ3n) is 3.05. The first-order valence-corrected chi connectivity index (χ1v) is 6.42. The van der Waals surface area contributed by atoms with Gasteiger partial charge in [0.2, 0.25) is 5.91 Å². The minimum absolute atomic E-state index is 0.00265. The average molecular weight is 280 g/mol. The average Bonchev–Trinajstić information content (AvgIpc) is 2.38. The zero-order valence-electron chi connectivity index (χ0n) is 11.4. The van der Waals surface area contributed by atoms with Gasteiger partial charge in [0.1, 0.15) is 6.04 Å². The molecule has 110 valence electrons. The maximum absolute atomic E-state index is 11.8. The largest absolute Gasteiger partial charge is 0.480 e. The van der Waals surface area contributed by atoms with Crippen LogP contribution >= 0.6 is 0 Å². The van der Waals surface area contributed by atoms with Gasteiger partial charge in [0.05, 0.1) is 0 Å². The number of carbonyl (C=O) groups is 2. The summed E-state index contributed by atoms with van der Waals surface area (Å²) in [5, 5.41) is 20.1. The van der Waals surface area contributed by atoms with Crippen molar-refractivity contribution in [1.82, 2.24) is 5.32 Å². The quantitative estimate of drug-likeness (QED) is 0.550. The molecule has 0 fully saturated rings. The van der Waals surface area contributed by atoms with Crippen LogP contribution in [0.25, 0.3) is 0 Å². The second-order valence-corrected chi connectivity index (χ2v) is 4.74. The summed E-state index contributed by atoms with van der Waals surface area (Å²) in [7, 11) is 0. The molecule has 2 atom stereocenters. The first kappa shape index (κ1) is 16.0. The Bertz CT molecular complexity index is 459. The van der Waals surface area contributed by atoms with E-state index in [0.717, 1.165) is 5.56 Å². The summed E-state index contributed by atoms with van der Waals surface area (Å²) >= 11 is 0. The van der Waals surface area contributed by atoms with Gasteiger partial charge in [0, 0.05) is 25.1 Å². The van der Waals surface area contributed by atoms with Gasteiger partial charge in [-0.1, -0.05) is 19.1 Å². The van der Waals surface area contributed by atoms with Crippen LogP contribution in [-0.4, -0.2) is 34.7 Å². The molecule has 1 aromatic carbocycles. The van der Waals surface area contributed by atoms with E-state index < -0.39 is 12.0 Å². The van der Waals surface area contributed by atoms with E-state index in [-0.39, 0.29) is 31.3 Å². The van der Waals surface area contributed by atoms with Crippen molar-refractivity contribution >= 4 is 17.6 Å². The lowest BCUT2D eigenvalue weighted by Gasteiger charge is -2.16. The summed E-state index contributed by atoms with van der Waals surface area (Å²) < 4.78 is 0. The molecular weight excluding hydrogens is 260 g/mol. The van der Waals surface area contributed by atoms with E-state index in [2.05, 4.69) is 5.32 Å². The molecular formula is C14H20N2O4. The van der Waals surface area contributed by atoms with Gasteiger partial charge < -0.3 is 21.3 Å². The van der Waals surface area contributed by atoms with Gasteiger partial charge in [-0.3, -0.25) is 4.79 Å². The standard InChI is InChI=1S/C14H20N2O4/c1-9(10-2-4-11(15)5-3-10)8-13(18)16-12(6-7-17)14(19)20/h2-5,9,12,17H,6-8,15H2,1H3,(H,16,18)(H,19,20)/t9?,12-/m1/s1. The maximum atomic E-state index is 11.8. The number of carboxylic acid groups (broad SMARTS) is 1. The second kappa shape index (κ2) is 7.49. The van der Waals surface area contributed by atoms with E-state index in [1.807, 2.05) is 19.1 Å². The zero-order valence-corrected chi connectivity index (χ0v) is 11.4. The molecule has 1 aromatic rings. The monoisotopic (exact) mass is 280 g/mol. The lowest BCUT2D eigenvalue weighted by molar-refractivity contribution is -0.142. The van der Waals surface area contributed by atoms with Crippen molar-refractivity contribution in [3.8, 4) is 0 Å². The Balaban J connectivity index is 2.56. The number of anilines is 1. The van der Waals surface area contributed by atoms with Crippen LogP contribution in [0, 0.1) is 0 Å². The van der Waals surface area contributed by atoms with E-state index >= 15 is 0 Å². The van der Waals surface area contributed by atoms with Crippen LogP contribution < -0.4 is 11.1 Å². The molecule has 6 heteroatoms. The minimum Gasteiger partial charge on any atom is -0.480 e. The number of benzene rings is 1. The fraction of sp³-hybridized carbons (Fsp3) is 0.429. The van der Waals surface area contributed by atoms with E-state index in [9.17, 15) is 9.59 Å². The maximum Gasteiger partial charge on any atom is 0.326 e. The van der Waals surface area contributed by atoms with Crippen LogP contribution in [0.3, 0.4) is 0 Å². The van der Waals surface area contributed by atoms with Crippen LogP contribution in [0.4, 0.5) is 5.69 Å². The van der Waals surface area contributed by atoms with Crippen molar-refractivity contribution in [1.29, 1.82) is 0 Å². The van der Waals surface area contributed by atoms with Gasteiger partial charge in [0.25, 0.3) is 0 Å². The topological polar surface area (TPSA) is 113 Å². The number of carbonyl (C=O) groups excluding carboxylic acids is 1. The summed E-state index contributed by atoms with van der Waals surface area (Å²) in [6.07, 6.45) is 0.177. The molecule has 0 saturated heterocycles. The molecule has 0 aliphatic heterocycles. The van der Waals surface area contributed by atoms with Gasteiger partial charge in [0.15, 0.2) is 0 Å². The lowest BCUT2D eigenvalue weighted by Crippen LogP contribution is -2.41. The van der Waals surface area contributed by atoms with Crippen LogP contribution in [0.2, 0.25) is 0 Å². The summed E-state index contributed by atoms with van der Waals surface area (Å²) in [5.74, 6) is -1.54. The third-order valence-corrected chi connectivity index (χ3v) is 3.05. The molecule has 0 bridgehead atoms. The number of hydrogen-bond acceptors (Lipinski definition) is 4. The van der Waals surface area contributed by atoms with Crippen LogP contribution in [0.5, 0.6) is 0 Å². The van der Waals surface area contributed by atoms with Gasteiger partial charge in [-0.2, -0.15) is 0 Å². The Morgan fingerprint density at radius 1 is 1.30 bits per heavy atom. The molecule has 5 N–H and O–H groups in total. The Morgan fingerprint density at radius 3 is 2.40 bits per heavy atom. The molecule has 0 radical (unpaired) electrons. The molecule has 0 aliphatic rings. The molecule has 1 rings (SSSR count). The SMILES string of the molecule is CC(CC(=O)N[C@H](CCO)C(=O)O)c1ccc(N)cc1. The Hall–Kier alpha value is -2.08. The van der Waals surface area contributed by atoms with Crippen LogP contribution in [-0.2, 0) is 9.59 Å². The first-order chi connectivity index (χ1) is 9.43. The lowest BCUT2D eigenvalue weighted by atomic mass is 9.97. The number of amides is 1. The van der Waals surface area contributed by atoms with Crippen molar-refractivity contribution < 1.29 is 19.8 Å². The van der Waals surface area contributed by atoms with Crippen molar-refractivity contribution in [2.24, 2.45) is 0 Å². The van der Waals surface area contributed by atoms with E-state index in [1.165, 1.54) is 0 Å². The molecule has 0 aromatic heterocycles. The Kier molecular flexibility index (Phi) is 5.99. The highest BCUT2D eigenvalue weighted by atomic mass is 16.4. The summed E-state index contributed by atoms with van der Waals surface area (Å²) in [6.45, 7) is 1.59. The summed E-state index contributed by atoms with van der Waals surface area (Å²) in [6, 6.07) is 6.15. The number of carboxylic acids is 1. The predicted molar refractivity (Wildman–Crippen MR) is 75.2 cm³/mol. The fourth-order valence-corrected chi connectivity index (χ4v) is 1.86. The molecule has 1 amide bonds. The summed E-state index contributed by atoms with van der Waals surface area (Å²) in [5.41, 5.74) is 7.21. The molecule has 20 heavy (non-hydrogen) atoms.